The zero-order chi connectivity index (χ0) is 22.8. The van der Waals surface area contributed by atoms with Crippen molar-refractivity contribution in [2.45, 2.75) is 38.7 Å². The van der Waals surface area contributed by atoms with E-state index >= 15 is 0 Å². The lowest BCUT2D eigenvalue weighted by molar-refractivity contribution is -0.116. The van der Waals surface area contributed by atoms with Crippen LogP contribution in [0.3, 0.4) is 0 Å². The van der Waals surface area contributed by atoms with Crippen LogP contribution in [0.2, 0.25) is 0 Å². The van der Waals surface area contributed by atoms with Gasteiger partial charge in [-0.15, -0.1) is 0 Å². The Bertz CT molecular complexity index is 1180. The highest BCUT2D eigenvalue weighted by atomic mass is 79.9. The molecule has 1 aliphatic carbocycles. The first-order chi connectivity index (χ1) is 15.4. The van der Waals surface area contributed by atoms with Crippen LogP contribution in [-0.2, 0) is 16.1 Å². The third-order valence-electron chi connectivity index (χ3n) is 5.71. The maximum absolute atomic E-state index is 12.8. The molecule has 0 fully saturated rings. The summed E-state index contributed by atoms with van der Waals surface area (Å²) in [6, 6.07) is 13.8. The largest absolute Gasteiger partial charge is 0.493 e. The molecule has 2 N–H and O–H groups in total. The number of ether oxygens (including phenoxy) is 3. The molecule has 6 nitrogen and oxygen atoms in total. The SMILES string of the molecule is COc1cc([C@H]2C(C#N)=C(N)OC3=C2C(=O)CCC3)c(Br)cc1OCc1ccc(C)cc1. The van der Waals surface area contributed by atoms with E-state index in [1.54, 1.807) is 19.2 Å². The Morgan fingerprint density at radius 1 is 1.22 bits per heavy atom. The molecule has 2 aromatic carbocycles. The van der Waals surface area contributed by atoms with Gasteiger partial charge in [-0.1, -0.05) is 45.8 Å². The van der Waals surface area contributed by atoms with Crippen LogP contribution in [0.4, 0.5) is 0 Å². The first-order valence-corrected chi connectivity index (χ1v) is 11.1. The summed E-state index contributed by atoms with van der Waals surface area (Å²) < 4.78 is 18.0. The van der Waals surface area contributed by atoms with Crippen molar-refractivity contribution in [1.29, 1.82) is 5.26 Å². The van der Waals surface area contributed by atoms with Gasteiger partial charge in [0.05, 0.1) is 13.0 Å². The minimum atomic E-state index is -0.619. The normalized spacial score (nSPS) is 18.1. The lowest BCUT2D eigenvalue weighted by Gasteiger charge is -2.31. The van der Waals surface area contributed by atoms with E-state index in [0.717, 1.165) is 5.56 Å². The van der Waals surface area contributed by atoms with Crippen molar-refractivity contribution in [1.82, 2.24) is 0 Å². The first kappa shape index (κ1) is 22.0. The van der Waals surface area contributed by atoms with E-state index < -0.39 is 5.92 Å². The Kier molecular flexibility index (Phi) is 6.24. The van der Waals surface area contributed by atoms with Crippen LogP contribution >= 0.6 is 15.9 Å². The summed E-state index contributed by atoms with van der Waals surface area (Å²) >= 11 is 3.61. The Hall–Kier alpha value is -3.24. The number of rotatable bonds is 5. The molecule has 0 aromatic heterocycles. The lowest BCUT2D eigenvalue weighted by Crippen LogP contribution is -2.27. The number of carbonyl (C=O) groups excluding carboxylic acids is 1. The van der Waals surface area contributed by atoms with Gasteiger partial charge < -0.3 is 19.9 Å². The van der Waals surface area contributed by atoms with Crippen molar-refractivity contribution in [2.24, 2.45) is 5.73 Å². The van der Waals surface area contributed by atoms with Crippen LogP contribution in [0.1, 0.15) is 41.9 Å². The molecule has 1 atom stereocenters. The quantitative estimate of drug-likeness (QED) is 0.616. The number of nitriles is 1. The van der Waals surface area contributed by atoms with Crippen LogP contribution in [0.15, 0.2) is 63.7 Å². The van der Waals surface area contributed by atoms with Crippen molar-refractivity contribution >= 4 is 21.7 Å². The summed E-state index contributed by atoms with van der Waals surface area (Å²) in [5.41, 5.74) is 9.70. The van der Waals surface area contributed by atoms with E-state index in [1.165, 1.54) is 5.56 Å². The van der Waals surface area contributed by atoms with Gasteiger partial charge >= 0.3 is 0 Å². The second kappa shape index (κ2) is 9.09. The topological polar surface area (TPSA) is 94.6 Å². The van der Waals surface area contributed by atoms with Crippen molar-refractivity contribution in [3.8, 4) is 17.6 Å². The number of nitrogens with two attached hydrogens (primary N) is 1. The zero-order valence-corrected chi connectivity index (χ0v) is 19.5. The monoisotopic (exact) mass is 494 g/mol. The van der Waals surface area contributed by atoms with Gasteiger partial charge in [-0.05, 0) is 36.6 Å². The molecule has 0 unspecified atom stereocenters. The van der Waals surface area contributed by atoms with Crippen LogP contribution in [0, 0.1) is 18.3 Å². The minimum Gasteiger partial charge on any atom is -0.493 e. The Morgan fingerprint density at radius 2 is 1.97 bits per heavy atom. The number of carbonyl (C=O) groups is 1. The Morgan fingerprint density at radius 3 is 2.66 bits per heavy atom. The van der Waals surface area contributed by atoms with E-state index in [-0.39, 0.29) is 17.2 Å². The van der Waals surface area contributed by atoms with Crippen LogP contribution in [-0.4, -0.2) is 12.9 Å². The summed E-state index contributed by atoms with van der Waals surface area (Å²) in [5, 5.41) is 9.80. The molecule has 1 aliphatic heterocycles. The Balaban J connectivity index is 1.73. The Labute approximate surface area is 195 Å². The molecule has 4 rings (SSSR count). The smallest absolute Gasteiger partial charge is 0.205 e. The summed E-state index contributed by atoms with van der Waals surface area (Å²) in [4.78, 5) is 12.8. The molecule has 2 aromatic rings. The molecule has 0 spiro atoms. The number of Topliss-reactive ketones (excluding diaryl/α,β-unsaturated/α-hetero) is 1. The maximum Gasteiger partial charge on any atom is 0.205 e. The predicted molar refractivity (Wildman–Crippen MR) is 123 cm³/mol. The third kappa shape index (κ3) is 4.11. The van der Waals surface area contributed by atoms with E-state index in [1.807, 2.05) is 31.2 Å². The van der Waals surface area contributed by atoms with E-state index in [2.05, 4.69) is 22.0 Å². The molecule has 2 aliphatic rings. The number of methoxy groups -OCH3 is 1. The van der Waals surface area contributed by atoms with Gasteiger partial charge in [-0.3, -0.25) is 4.79 Å². The number of hydrogen-bond acceptors (Lipinski definition) is 6. The maximum atomic E-state index is 12.8. The summed E-state index contributed by atoms with van der Waals surface area (Å²) in [6.07, 6.45) is 1.74. The van der Waals surface area contributed by atoms with Crippen molar-refractivity contribution in [2.75, 3.05) is 7.11 Å². The summed E-state index contributed by atoms with van der Waals surface area (Å²) in [7, 11) is 1.56. The second-order valence-corrected chi connectivity index (χ2v) is 8.69. The molecule has 0 saturated heterocycles. The van der Waals surface area contributed by atoms with Crippen LogP contribution in [0.25, 0.3) is 0 Å². The number of benzene rings is 2. The number of allylic oxidation sites excluding steroid dienone is 3. The van der Waals surface area contributed by atoms with Crippen molar-refractivity contribution < 1.29 is 19.0 Å². The minimum absolute atomic E-state index is 0.0259. The highest BCUT2D eigenvalue weighted by Gasteiger charge is 2.39. The molecule has 1 heterocycles. The summed E-state index contributed by atoms with van der Waals surface area (Å²) in [5.74, 6) is 0.997. The average Bonchev–Trinajstić information content (AvgIpc) is 2.78. The van der Waals surface area contributed by atoms with Crippen molar-refractivity contribution in [3.63, 3.8) is 0 Å². The second-order valence-electron chi connectivity index (χ2n) is 7.84. The fourth-order valence-corrected chi connectivity index (χ4v) is 4.61. The number of aryl methyl sites for hydroxylation is 1. The number of ketones is 1. The molecule has 164 valence electrons. The standard InChI is InChI=1S/C25H23BrN2O4/c1-14-6-8-15(9-7-14)13-31-22-11-18(26)16(10-21(22)30-2)23-17(12-27)25(28)32-20-5-3-4-19(29)24(20)23/h6-11,23H,3-5,13,28H2,1-2H3/t23-/m0/s1. The number of halogens is 1. The number of hydrogen-bond donors (Lipinski definition) is 1. The highest BCUT2D eigenvalue weighted by Crippen LogP contribution is 2.47. The predicted octanol–water partition coefficient (Wildman–Crippen LogP) is 5.16. The molecule has 0 amide bonds. The lowest BCUT2D eigenvalue weighted by atomic mass is 9.77. The van der Waals surface area contributed by atoms with E-state index in [4.69, 9.17) is 19.9 Å². The molecule has 32 heavy (non-hydrogen) atoms. The van der Waals surface area contributed by atoms with Gasteiger partial charge in [0.2, 0.25) is 5.88 Å². The van der Waals surface area contributed by atoms with Gasteiger partial charge in [-0.25, -0.2) is 0 Å². The van der Waals surface area contributed by atoms with E-state index in [0.29, 0.717) is 58.7 Å². The van der Waals surface area contributed by atoms with Gasteiger partial charge in [0, 0.05) is 22.9 Å². The molecular weight excluding hydrogens is 472 g/mol. The van der Waals surface area contributed by atoms with Gasteiger partial charge in [-0.2, -0.15) is 5.26 Å². The molecule has 0 bridgehead atoms. The third-order valence-corrected chi connectivity index (χ3v) is 6.40. The van der Waals surface area contributed by atoms with Gasteiger partial charge in [0.25, 0.3) is 0 Å². The number of nitrogens with zero attached hydrogens (tertiary/aromatic N) is 1. The van der Waals surface area contributed by atoms with E-state index in [9.17, 15) is 10.1 Å². The molecule has 7 heteroatoms. The first-order valence-electron chi connectivity index (χ1n) is 10.3. The summed E-state index contributed by atoms with van der Waals surface area (Å²) in [6.45, 7) is 2.41. The zero-order valence-electron chi connectivity index (χ0n) is 17.9. The average molecular weight is 495 g/mol. The van der Waals surface area contributed by atoms with Crippen molar-refractivity contribution in [3.05, 3.63) is 80.3 Å². The van der Waals surface area contributed by atoms with Crippen LogP contribution in [0.5, 0.6) is 11.5 Å². The highest BCUT2D eigenvalue weighted by molar-refractivity contribution is 9.10. The fraction of sp³-hybridized carbons (Fsp3) is 0.280. The van der Waals surface area contributed by atoms with Gasteiger partial charge in [0.15, 0.2) is 17.3 Å². The molecule has 0 radical (unpaired) electrons. The van der Waals surface area contributed by atoms with Crippen LogP contribution < -0.4 is 15.2 Å². The molecular formula is C25H23BrN2O4. The molecule has 0 saturated carbocycles. The van der Waals surface area contributed by atoms with Gasteiger partial charge in [0.1, 0.15) is 24.0 Å². The fourth-order valence-electron chi connectivity index (χ4n) is 4.06.